The Bertz CT molecular complexity index is 656. The number of aryl methyl sites for hydroxylation is 1. The fraction of sp³-hybridized carbons (Fsp3) is 0.0909. The van der Waals surface area contributed by atoms with Gasteiger partial charge in [-0.05, 0) is 36.7 Å². The second kappa shape index (κ2) is 3.31. The zero-order valence-electron chi connectivity index (χ0n) is 8.60. The minimum absolute atomic E-state index is 0.289. The largest absolute Gasteiger partial charge is 0.453 e. The second-order valence-electron chi connectivity index (χ2n) is 3.61. The van der Waals surface area contributed by atoms with Gasteiger partial charge in [-0.3, -0.25) is 0 Å². The molecule has 0 spiro atoms. The molecular formula is C11H9N3OS. The number of furan rings is 1. The van der Waals surface area contributed by atoms with Gasteiger partial charge in [0.05, 0.1) is 0 Å². The van der Waals surface area contributed by atoms with Crippen LogP contribution in [0.3, 0.4) is 0 Å². The molecule has 0 radical (unpaired) electrons. The molecule has 0 aliphatic carbocycles. The van der Waals surface area contributed by atoms with Crippen LogP contribution in [0.1, 0.15) is 5.56 Å². The van der Waals surface area contributed by atoms with Crippen LogP contribution in [0.15, 0.2) is 28.7 Å². The summed E-state index contributed by atoms with van der Waals surface area (Å²) in [4.78, 5) is 4.09. The maximum Gasteiger partial charge on any atom is 0.232 e. The van der Waals surface area contributed by atoms with Crippen molar-refractivity contribution in [1.29, 1.82) is 0 Å². The first-order valence-electron chi connectivity index (χ1n) is 4.82. The van der Waals surface area contributed by atoms with E-state index in [4.69, 9.17) is 10.2 Å². The molecule has 80 valence electrons. The molecule has 4 nitrogen and oxygen atoms in total. The highest BCUT2D eigenvalue weighted by molar-refractivity contribution is 7.09. The quantitative estimate of drug-likeness (QED) is 0.699. The lowest BCUT2D eigenvalue weighted by Gasteiger charge is -1.89. The van der Waals surface area contributed by atoms with Gasteiger partial charge in [0.25, 0.3) is 0 Å². The molecule has 0 saturated carbocycles. The first-order chi connectivity index (χ1) is 7.72. The zero-order valence-corrected chi connectivity index (χ0v) is 9.41. The Morgan fingerprint density at radius 2 is 2.19 bits per heavy atom. The number of benzene rings is 1. The minimum Gasteiger partial charge on any atom is -0.453 e. The van der Waals surface area contributed by atoms with Crippen LogP contribution in [0, 0.1) is 6.92 Å². The lowest BCUT2D eigenvalue weighted by molar-refractivity contribution is 0.631. The molecule has 0 atom stereocenters. The number of fused-ring (bicyclic) bond motifs is 1. The van der Waals surface area contributed by atoms with Crippen molar-refractivity contribution < 1.29 is 4.42 Å². The second-order valence-corrected chi connectivity index (χ2v) is 4.36. The molecule has 0 amide bonds. The van der Waals surface area contributed by atoms with Crippen LogP contribution in [0.2, 0.25) is 0 Å². The molecule has 0 saturated heterocycles. The molecular weight excluding hydrogens is 222 g/mol. The third kappa shape index (κ3) is 1.45. The SMILES string of the molecule is Cc1ccc2oc(-c3nc(N)ns3)cc2c1. The maximum atomic E-state index is 5.67. The topological polar surface area (TPSA) is 64.9 Å². The van der Waals surface area contributed by atoms with E-state index >= 15 is 0 Å². The number of nitrogens with two attached hydrogens (primary N) is 1. The molecule has 5 heteroatoms. The van der Waals surface area contributed by atoms with Gasteiger partial charge < -0.3 is 10.2 Å². The molecule has 0 aliphatic rings. The number of hydrogen-bond donors (Lipinski definition) is 1. The van der Waals surface area contributed by atoms with Crippen LogP contribution in [0.25, 0.3) is 21.7 Å². The monoisotopic (exact) mass is 231 g/mol. The molecule has 2 heterocycles. The maximum absolute atomic E-state index is 5.67. The van der Waals surface area contributed by atoms with Gasteiger partial charge in [0, 0.05) is 5.39 Å². The average Bonchev–Trinajstić information content (AvgIpc) is 2.83. The summed E-state index contributed by atoms with van der Waals surface area (Å²) in [6, 6.07) is 8.01. The molecule has 0 bridgehead atoms. The summed E-state index contributed by atoms with van der Waals surface area (Å²) < 4.78 is 9.60. The highest BCUT2D eigenvalue weighted by Gasteiger charge is 2.10. The van der Waals surface area contributed by atoms with Crippen molar-refractivity contribution in [2.24, 2.45) is 0 Å². The van der Waals surface area contributed by atoms with Crippen molar-refractivity contribution >= 4 is 28.5 Å². The van der Waals surface area contributed by atoms with E-state index in [9.17, 15) is 0 Å². The Morgan fingerprint density at radius 1 is 1.31 bits per heavy atom. The van der Waals surface area contributed by atoms with Crippen LogP contribution < -0.4 is 5.73 Å². The fourth-order valence-electron chi connectivity index (χ4n) is 1.60. The summed E-state index contributed by atoms with van der Waals surface area (Å²) in [6.45, 7) is 2.05. The van der Waals surface area contributed by atoms with E-state index in [1.165, 1.54) is 17.1 Å². The van der Waals surface area contributed by atoms with Crippen molar-refractivity contribution in [2.45, 2.75) is 6.92 Å². The molecule has 1 aromatic carbocycles. The van der Waals surface area contributed by atoms with Crippen LogP contribution in [-0.4, -0.2) is 9.36 Å². The molecule has 3 aromatic rings. The predicted octanol–water partition coefficient (Wildman–Crippen LogP) is 2.84. The molecule has 3 rings (SSSR count). The summed E-state index contributed by atoms with van der Waals surface area (Å²) in [5.74, 6) is 1.01. The Morgan fingerprint density at radius 3 is 2.94 bits per heavy atom. The number of aromatic nitrogens is 2. The minimum atomic E-state index is 0.289. The summed E-state index contributed by atoms with van der Waals surface area (Å²) >= 11 is 1.24. The van der Waals surface area contributed by atoms with Crippen molar-refractivity contribution in [1.82, 2.24) is 9.36 Å². The van der Waals surface area contributed by atoms with E-state index < -0.39 is 0 Å². The zero-order chi connectivity index (χ0) is 11.1. The van der Waals surface area contributed by atoms with Crippen molar-refractivity contribution in [3.63, 3.8) is 0 Å². The summed E-state index contributed by atoms with van der Waals surface area (Å²) in [6.07, 6.45) is 0. The molecule has 2 N–H and O–H groups in total. The Labute approximate surface area is 95.9 Å². The highest BCUT2D eigenvalue weighted by atomic mass is 32.1. The van der Waals surface area contributed by atoms with Gasteiger partial charge in [-0.1, -0.05) is 11.6 Å². The standard InChI is InChI=1S/C11H9N3OS/c1-6-2-3-8-7(4-6)5-9(15-8)10-13-11(12)14-16-10/h2-5H,1H3,(H2,12,14). The predicted molar refractivity (Wildman–Crippen MR) is 64.3 cm³/mol. The van der Waals surface area contributed by atoms with Crippen molar-refractivity contribution in [3.05, 3.63) is 29.8 Å². The molecule has 2 aromatic heterocycles. The average molecular weight is 231 g/mol. The van der Waals surface area contributed by atoms with Crippen LogP contribution >= 0.6 is 11.5 Å². The van der Waals surface area contributed by atoms with Crippen molar-refractivity contribution in [3.8, 4) is 10.8 Å². The Kier molecular flexibility index (Phi) is 1.94. The first-order valence-corrected chi connectivity index (χ1v) is 5.59. The molecule has 16 heavy (non-hydrogen) atoms. The van der Waals surface area contributed by atoms with Crippen LogP contribution in [0.4, 0.5) is 5.95 Å². The highest BCUT2D eigenvalue weighted by Crippen LogP contribution is 2.29. The van der Waals surface area contributed by atoms with Gasteiger partial charge >= 0.3 is 0 Å². The number of anilines is 1. The van der Waals surface area contributed by atoms with Crippen LogP contribution in [0.5, 0.6) is 0 Å². The normalized spacial score (nSPS) is 11.1. The van der Waals surface area contributed by atoms with E-state index in [0.29, 0.717) is 5.01 Å². The number of hydrogen-bond acceptors (Lipinski definition) is 5. The van der Waals surface area contributed by atoms with Gasteiger partial charge in [-0.15, -0.1) is 0 Å². The van der Waals surface area contributed by atoms with Gasteiger partial charge in [0.2, 0.25) is 5.95 Å². The fourth-order valence-corrected chi connectivity index (χ4v) is 2.15. The molecule has 0 fully saturated rings. The first kappa shape index (κ1) is 9.35. The lowest BCUT2D eigenvalue weighted by Crippen LogP contribution is -1.84. The lowest BCUT2D eigenvalue weighted by atomic mass is 10.2. The van der Waals surface area contributed by atoms with Crippen LogP contribution in [-0.2, 0) is 0 Å². The summed E-state index contributed by atoms with van der Waals surface area (Å²) in [5.41, 5.74) is 7.54. The molecule has 0 aliphatic heterocycles. The van der Waals surface area contributed by atoms with Gasteiger partial charge in [0.15, 0.2) is 10.8 Å². The van der Waals surface area contributed by atoms with E-state index in [-0.39, 0.29) is 5.95 Å². The van der Waals surface area contributed by atoms with E-state index in [2.05, 4.69) is 22.3 Å². The summed E-state index contributed by atoms with van der Waals surface area (Å²) in [5, 5.41) is 1.79. The molecule has 0 unspecified atom stereocenters. The number of nitrogen functional groups attached to an aromatic ring is 1. The van der Waals surface area contributed by atoms with Gasteiger partial charge in [0.1, 0.15) is 5.58 Å². The van der Waals surface area contributed by atoms with E-state index in [1.54, 1.807) is 0 Å². The third-order valence-electron chi connectivity index (χ3n) is 2.32. The van der Waals surface area contributed by atoms with Crippen molar-refractivity contribution in [2.75, 3.05) is 5.73 Å². The Balaban J connectivity index is 2.18. The van der Waals surface area contributed by atoms with Gasteiger partial charge in [-0.25, -0.2) is 0 Å². The number of rotatable bonds is 1. The number of nitrogens with zero attached hydrogens (tertiary/aromatic N) is 2. The summed E-state index contributed by atoms with van der Waals surface area (Å²) in [7, 11) is 0. The third-order valence-corrected chi connectivity index (χ3v) is 3.07. The van der Waals surface area contributed by atoms with E-state index in [0.717, 1.165) is 16.7 Å². The smallest absolute Gasteiger partial charge is 0.232 e. The Hall–Kier alpha value is -1.88. The van der Waals surface area contributed by atoms with E-state index in [1.807, 2.05) is 18.2 Å². The van der Waals surface area contributed by atoms with Gasteiger partial charge in [-0.2, -0.15) is 9.36 Å².